The number of rotatable bonds is 7. The first-order valence-corrected chi connectivity index (χ1v) is 12.8. The number of carbonyl (C=O) groups is 2. The maximum absolute atomic E-state index is 13.5. The predicted octanol–water partition coefficient (Wildman–Crippen LogP) is 5.73. The first-order chi connectivity index (χ1) is 17.5. The second-order valence-corrected chi connectivity index (χ2v) is 9.76. The molecule has 1 saturated carbocycles. The molecule has 0 spiro atoms. The number of ketones is 1. The zero-order valence-electron chi connectivity index (χ0n) is 21.0. The van der Waals surface area contributed by atoms with Crippen molar-refractivity contribution in [1.29, 1.82) is 0 Å². The third kappa shape index (κ3) is 4.90. The van der Waals surface area contributed by atoms with E-state index in [1.807, 2.05) is 55.5 Å². The van der Waals surface area contributed by atoms with Crippen LogP contribution in [0.4, 0.5) is 0 Å². The molecule has 1 atom stereocenters. The third-order valence-corrected chi connectivity index (χ3v) is 7.33. The van der Waals surface area contributed by atoms with Crippen LogP contribution in [0.15, 0.2) is 71.1 Å². The lowest BCUT2D eigenvalue weighted by Crippen LogP contribution is -2.35. The van der Waals surface area contributed by atoms with Crippen molar-refractivity contribution in [3.05, 3.63) is 82.2 Å². The number of nitrogens with one attached hydrogen (secondary N) is 1. The maximum atomic E-state index is 13.5. The molecule has 3 aliphatic rings. The largest absolute Gasteiger partial charge is 0.493 e. The predicted molar refractivity (Wildman–Crippen MR) is 137 cm³/mol. The summed E-state index contributed by atoms with van der Waals surface area (Å²) >= 11 is 0. The number of ether oxygens (including phenoxy) is 3. The number of esters is 1. The van der Waals surface area contributed by atoms with Crippen LogP contribution in [0, 0.1) is 0 Å². The molecule has 0 bridgehead atoms. The molecular formula is C30H33NO5. The Morgan fingerprint density at radius 1 is 1.00 bits per heavy atom. The molecule has 1 fully saturated rings. The summed E-state index contributed by atoms with van der Waals surface area (Å²) in [6.45, 7) is 2.31. The molecule has 1 heterocycles. The molecule has 6 nitrogen and oxygen atoms in total. The molecule has 36 heavy (non-hydrogen) atoms. The normalized spacial score (nSPS) is 20.2. The molecule has 0 radical (unpaired) electrons. The van der Waals surface area contributed by atoms with E-state index in [4.69, 9.17) is 14.2 Å². The lowest BCUT2D eigenvalue weighted by atomic mass is 9.75. The van der Waals surface area contributed by atoms with E-state index in [-0.39, 0.29) is 17.9 Å². The number of Topliss-reactive ketones (excluding diaryl/α,β-unsaturated/α-hetero) is 1. The first kappa shape index (κ1) is 24.2. The summed E-state index contributed by atoms with van der Waals surface area (Å²) < 4.78 is 17.7. The van der Waals surface area contributed by atoms with E-state index in [1.54, 1.807) is 7.11 Å². The lowest BCUT2D eigenvalue weighted by molar-refractivity contribution is -0.144. The van der Waals surface area contributed by atoms with Crippen LogP contribution in [0.1, 0.15) is 68.9 Å². The number of benzene rings is 2. The van der Waals surface area contributed by atoms with E-state index < -0.39 is 5.92 Å². The van der Waals surface area contributed by atoms with E-state index in [1.165, 1.54) is 0 Å². The molecule has 5 rings (SSSR count). The van der Waals surface area contributed by atoms with Crippen molar-refractivity contribution >= 4 is 11.8 Å². The van der Waals surface area contributed by atoms with Crippen molar-refractivity contribution in [2.45, 2.75) is 70.5 Å². The van der Waals surface area contributed by atoms with Crippen molar-refractivity contribution in [1.82, 2.24) is 5.32 Å². The van der Waals surface area contributed by atoms with Gasteiger partial charge in [-0.25, -0.2) is 4.79 Å². The van der Waals surface area contributed by atoms with Gasteiger partial charge in [0.15, 0.2) is 17.3 Å². The van der Waals surface area contributed by atoms with Gasteiger partial charge in [0.05, 0.1) is 12.7 Å². The molecule has 1 N–H and O–H groups in total. The number of hydrogen-bond acceptors (Lipinski definition) is 6. The summed E-state index contributed by atoms with van der Waals surface area (Å²) in [4.78, 5) is 26.7. The van der Waals surface area contributed by atoms with Gasteiger partial charge in [-0.05, 0) is 68.7 Å². The van der Waals surface area contributed by atoms with E-state index in [2.05, 4.69) is 5.32 Å². The second-order valence-electron chi connectivity index (χ2n) is 9.76. The van der Waals surface area contributed by atoms with Crippen molar-refractivity contribution in [2.24, 2.45) is 0 Å². The van der Waals surface area contributed by atoms with Crippen LogP contribution in [-0.4, -0.2) is 25.0 Å². The van der Waals surface area contributed by atoms with Crippen LogP contribution in [0.3, 0.4) is 0 Å². The summed E-state index contributed by atoms with van der Waals surface area (Å²) in [6, 6.07) is 15.6. The molecule has 2 aromatic rings. The van der Waals surface area contributed by atoms with Gasteiger partial charge in [-0.2, -0.15) is 0 Å². The van der Waals surface area contributed by atoms with Crippen LogP contribution in [0.2, 0.25) is 0 Å². The zero-order chi connectivity index (χ0) is 25.1. The Labute approximate surface area is 212 Å². The fourth-order valence-electron chi connectivity index (χ4n) is 5.53. The molecule has 188 valence electrons. The van der Waals surface area contributed by atoms with Gasteiger partial charge in [0, 0.05) is 29.3 Å². The highest BCUT2D eigenvalue weighted by molar-refractivity contribution is 6.03. The Hall–Kier alpha value is -3.54. The highest BCUT2D eigenvalue weighted by Crippen LogP contribution is 2.44. The average molecular weight is 488 g/mol. The van der Waals surface area contributed by atoms with Gasteiger partial charge in [-0.3, -0.25) is 4.79 Å². The first-order valence-electron chi connectivity index (χ1n) is 12.8. The fraction of sp³-hybridized carbons (Fsp3) is 0.400. The van der Waals surface area contributed by atoms with E-state index in [9.17, 15) is 9.59 Å². The van der Waals surface area contributed by atoms with Gasteiger partial charge >= 0.3 is 5.97 Å². The number of dihydropyridines is 1. The summed E-state index contributed by atoms with van der Waals surface area (Å²) in [6.07, 6.45) is 5.96. The van der Waals surface area contributed by atoms with Crippen molar-refractivity contribution in [2.75, 3.05) is 7.11 Å². The monoisotopic (exact) mass is 487 g/mol. The van der Waals surface area contributed by atoms with Crippen LogP contribution >= 0.6 is 0 Å². The Balaban J connectivity index is 1.49. The number of hydrogen-bond donors (Lipinski definition) is 1. The smallest absolute Gasteiger partial charge is 0.337 e. The third-order valence-electron chi connectivity index (χ3n) is 7.33. The molecule has 2 aromatic carbocycles. The quantitative estimate of drug-likeness (QED) is 0.503. The Bertz CT molecular complexity index is 1210. The van der Waals surface area contributed by atoms with Gasteiger partial charge in [0.2, 0.25) is 0 Å². The molecule has 1 aliphatic heterocycles. The van der Waals surface area contributed by atoms with Gasteiger partial charge in [-0.1, -0.05) is 36.4 Å². The SMILES string of the molecule is COc1cc([C@H]2C(C(=O)OC3CCCC3)=C(C)NC3=C2C(=O)CCC3)ccc1OCc1ccccc1. The highest BCUT2D eigenvalue weighted by atomic mass is 16.5. The zero-order valence-corrected chi connectivity index (χ0v) is 21.0. The molecule has 6 heteroatoms. The minimum Gasteiger partial charge on any atom is -0.493 e. The van der Waals surface area contributed by atoms with Crippen LogP contribution in [0.5, 0.6) is 11.5 Å². The number of methoxy groups -OCH3 is 1. The van der Waals surface area contributed by atoms with Crippen LogP contribution < -0.4 is 14.8 Å². The molecule has 2 aliphatic carbocycles. The Morgan fingerprint density at radius 3 is 2.53 bits per heavy atom. The minimum absolute atomic E-state index is 0.0563. The molecule has 0 unspecified atom stereocenters. The maximum Gasteiger partial charge on any atom is 0.337 e. The van der Waals surface area contributed by atoms with Gasteiger partial charge in [0.25, 0.3) is 0 Å². The van der Waals surface area contributed by atoms with Crippen LogP contribution in [-0.2, 0) is 20.9 Å². The van der Waals surface area contributed by atoms with Crippen molar-refractivity contribution < 1.29 is 23.8 Å². The molecule has 0 amide bonds. The second kappa shape index (κ2) is 10.6. The van der Waals surface area contributed by atoms with E-state index in [0.29, 0.717) is 35.7 Å². The number of allylic oxidation sites excluding steroid dienone is 3. The summed E-state index contributed by atoms with van der Waals surface area (Å²) in [5.41, 5.74) is 4.72. The fourth-order valence-corrected chi connectivity index (χ4v) is 5.53. The standard InChI is InChI=1S/C30H33NO5/c1-19-27(30(33)36-22-11-6-7-12-22)28(29-23(31-19)13-8-14-24(29)32)21-15-16-25(26(17-21)34-2)35-18-20-9-4-3-5-10-20/h3-5,9-10,15-17,22,28,31H,6-8,11-14,18H2,1-2H3/t28-/m0/s1. The number of carbonyl (C=O) groups excluding carboxylic acids is 2. The van der Waals surface area contributed by atoms with E-state index in [0.717, 1.165) is 61.0 Å². The lowest BCUT2D eigenvalue weighted by Gasteiger charge is -2.34. The Kier molecular flexibility index (Phi) is 7.12. The van der Waals surface area contributed by atoms with Gasteiger partial charge < -0.3 is 19.5 Å². The summed E-state index contributed by atoms with van der Waals surface area (Å²) in [7, 11) is 1.60. The average Bonchev–Trinajstić information content (AvgIpc) is 3.40. The van der Waals surface area contributed by atoms with Gasteiger partial charge in [-0.15, -0.1) is 0 Å². The molecule has 0 aromatic heterocycles. The van der Waals surface area contributed by atoms with Crippen molar-refractivity contribution in [3.8, 4) is 11.5 Å². The van der Waals surface area contributed by atoms with E-state index >= 15 is 0 Å². The van der Waals surface area contributed by atoms with Crippen LogP contribution in [0.25, 0.3) is 0 Å². The molecule has 0 saturated heterocycles. The summed E-state index contributed by atoms with van der Waals surface area (Å²) in [5, 5.41) is 3.36. The minimum atomic E-state index is -0.500. The van der Waals surface area contributed by atoms with Gasteiger partial charge in [0.1, 0.15) is 12.7 Å². The highest BCUT2D eigenvalue weighted by Gasteiger charge is 2.40. The molecular weight excluding hydrogens is 454 g/mol. The summed E-state index contributed by atoms with van der Waals surface area (Å²) in [5.74, 6) is 0.411. The Morgan fingerprint density at radius 2 is 1.78 bits per heavy atom. The topological polar surface area (TPSA) is 73.9 Å². The van der Waals surface area contributed by atoms with Crippen molar-refractivity contribution in [3.63, 3.8) is 0 Å².